The maximum Gasteiger partial charge on any atom is 0.0576 e. The summed E-state index contributed by atoms with van der Waals surface area (Å²) in [6, 6.07) is 8.60. The lowest BCUT2D eigenvalue weighted by Crippen LogP contribution is -2.13. The third-order valence-corrected chi connectivity index (χ3v) is 3.65. The van der Waals surface area contributed by atoms with Gasteiger partial charge in [0, 0.05) is 12.6 Å². The molecule has 0 amide bonds. The first-order valence-corrected chi connectivity index (χ1v) is 6.70. The molecule has 2 N–H and O–H groups in total. The van der Waals surface area contributed by atoms with Crippen molar-refractivity contribution in [2.75, 3.05) is 6.61 Å². The van der Waals surface area contributed by atoms with Crippen LogP contribution in [0.4, 0.5) is 0 Å². The van der Waals surface area contributed by atoms with Crippen LogP contribution in [-0.2, 0) is 4.74 Å². The minimum absolute atomic E-state index is 0.178. The van der Waals surface area contributed by atoms with E-state index < -0.39 is 0 Å². The van der Waals surface area contributed by atoms with Gasteiger partial charge < -0.3 is 10.5 Å². The quantitative estimate of drug-likeness (QED) is 0.846. The highest BCUT2D eigenvalue weighted by molar-refractivity contribution is 5.28. The number of ether oxygens (including phenoxy) is 1. The van der Waals surface area contributed by atoms with Crippen LogP contribution in [0.15, 0.2) is 24.3 Å². The molecule has 0 spiro atoms. The van der Waals surface area contributed by atoms with E-state index in [1.807, 2.05) is 0 Å². The van der Waals surface area contributed by atoms with Gasteiger partial charge in [-0.1, -0.05) is 24.3 Å². The first-order valence-electron chi connectivity index (χ1n) is 6.70. The molecule has 0 aliphatic carbocycles. The van der Waals surface area contributed by atoms with Crippen LogP contribution in [0, 0.1) is 6.92 Å². The number of nitrogens with two attached hydrogens (primary N) is 1. The minimum atomic E-state index is 0.178. The number of aryl methyl sites for hydroxylation is 1. The summed E-state index contributed by atoms with van der Waals surface area (Å²) in [6.07, 6.45) is 6.36. The fourth-order valence-electron chi connectivity index (χ4n) is 2.60. The maximum atomic E-state index is 6.24. The Morgan fingerprint density at radius 1 is 1.41 bits per heavy atom. The van der Waals surface area contributed by atoms with Gasteiger partial charge in [-0.2, -0.15) is 0 Å². The molecular weight excluding hydrogens is 210 g/mol. The Morgan fingerprint density at radius 2 is 2.24 bits per heavy atom. The predicted octanol–water partition coefficient (Wildman–Crippen LogP) is 3.34. The normalized spacial score (nSPS) is 21.6. The van der Waals surface area contributed by atoms with Crippen LogP contribution in [-0.4, -0.2) is 12.7 Å². The number of hydrogen-bond acceptors (Lipinski definition) is 2. The average Bonchev–Trinajstić information content (AvgIpc) is 2.82. The van der Waals surface area contributed by atoms with Gasteiger partial charge in [0.25, 0.3) is 0 Å². The van der Waals surface area contributed by atoms with Crippen LogP contribution in [0.3, 0.4) is 0 Å². The summed E-state index contributed by atoms with van der Waals surface area (Å²) >= 11 is 0. The van der Waals surface area contributed by atoms with Gasteiger partial charge >= 0.3 is 0 Å². The van der Waals surface area contributed by atoms with E-state index in [2.05, 4.69) is 31.2 Å². The number of rotatable bonds is 5. The maximum absolute atomic E-state index is 6.24. The Labute approximate surface area is 104 Å². The largest absolute Gasteiger partial charge is 0.378 e. The zero-order valence-corrected chi connectivity index (χ0v) is 10.7. The van der Waals surface area contributed by atoms with Crippen LogP contribution < -0.4 is 5.73 Å². The molecule has 1 saturated heterocycles. The molecule has 2 heteroatoms. The van der Waals surface area contributed by atoms with Gasteiger partial charge in [-0.05, 0) is 50.2 Å². The lowest BCUT2D eigenvalue weighted by Gasteiger charge is -2.15. The monoisotopic (exact) mass is 233 g/mol. The molecule has 2 rings (SSSR count). The van der Waals surface area contributed by atoms with E-state index in [4.69, 9.17) is 10.5 Å². The van der Waals surface area contributed by atoms with Gasteiger partial charge in [0.2, 0.25) is 0 Å². The molecule has 17 heavy (non-hydrogen) atoms. The van der Waals surface area contributed by atoms with E-state index in [1.165, 1.54) is 36.8 Å². The first kappa shape index (κ1) is 12.6. The zero-order chi connectivity index (χ0) is 12.1. The van der Waals surface area contributed by atoms with Crippen LogP contribution in [0.2, 0.25) is 0 Å². The Bertz CT molecular complexity index is 345. The van der Waals surface area contributed by atoms with E-state index in [0.29, 0.717) is 6.10 Å². The van der Waals surface area contributed by atoms with Gasteiger partial charge in [-0.15, -0.1) is 0 Å². The molecule has 1 aromatic rings. The molecule has 1 aromatic carbocycles. The molecule has 0 bridgehead atoms. The number of hydrogen-bond donors (Lipinski definition) is 1. The summed E-state index contributed by atoms with van der Waals surface area (Å²) in [5.41, 5.74) is 8.83. The highest BCUT2D eigenvalue weighted by atomic mass is 16.5. The topological polar surface area (TPSA) is 35.2 Å². The third-order valence-electron chi connectivity index (χ3n) is 3.65. The highest BCUT2D eigenvalue weighted by Gasteiger charge is 2.16. The van der Waals surface area contributed by atoms with Gasteiger partial charge in [0.1, 0.15) is 0 Å². The summed E-state index contributed by atoms with van der Waals surface area (Å²) in [5.74, 6) is 0. The smallest absolute Gasteiger partial charge is 0.0576 e. The van der Waals surface area contributed by atoms with Gasteiger partial charge in [-0.3, -0.25) is 0 Å². The summed E-state index contributed by atoms with van der Waals surface area (Å²) in [7, 11) is 0. The molecule has 2 nitrogen and oxygen atoms in total. The lowest BCUT2D eigenvalue weighted by atomic mass is 9.97. The second-order valence-corrected chi connectivity index (χ2v) is 5.03. The van der Waals surface area contributed by atoms with E-state index >= 15 is 0 Å². The summed E-state index contributed by atoms with van der Waals surface area (Å²) in [4.78, 5) is 0. The Hall–Kier alpha value is -0.860. The Morgan fingerprint density at radius 3 is 2.94 bits per heavy atom. The van der Waals surface area contributed by atoms with Gasteiger partial charge in [-0.25, -0.2) is 0 Å². The predicted molar refractivity (Wildman–Crippen MR) is 70.9 cm³/mol. The van der Waals surface area contributed by atoms with Crippen molar-refractivity contribution in [3.8, 4) is 0 Å². The first-order chi connectivity index (χ1) is 8.27. The highest BCUT2D eigenvalue weighted by Crippen LogP contribution is 2.23. The SMILES string of the molecule is Cc1ccccc1C(N)CCCC1CCCO1. The molecule has 94 valence electrons. The Kier molecular flexibility index (Phi) is 4.57. The summed E-state index contributed by atoms with van der Waals surface area (Å²) in [6.45, 7) is 3.09. The van der Waals surface area contributed by atoms with Crippen LogP contribution in [0.1, 0.15) is 49.3 Å². The second kappa shape index (κ2) is 6.18. The van der Waals surface area contributed by atoms with Crippen molar-refractivity contribution in [2.24, 2.45) is 5.73 Å². The lowest BCUT2D eigenvalue weighted by molar-refractivity contribution is 0.101. The molecule has 0 radical (unpaired) electrons. The molecule has 1 aliphatic rings. The van der Waals surface area contributed by atoms with Crippen molar-refractivity contribution in [3.63, 3.8) is 0 Å². The zero-order valence-electron chi connectivity index (χ0n) is 10.7. The molecule has 0 saturated carbocycles. The fraction of sp³-hybridized carbons (Fsp3) is 0.600. The van der Waals surface area contributed by atoms with Crippen LogP contribution in [0.25, 0.3) is 0 Å². The minimum Gasteiger partial charge on any atom is -0.378 e. The number of benzene rings is 1. The van der Waals surface area contributed by atoms with E-state index in [9.17, 15) is 0 Å². The van der Waals surface area contributed by atoms with E-state index in [-0.39, 0.29) is 6.04 Å². The van der Waals surface area contributed by atoms with E-state index in [1.54, 1.807) is 0 Å². The molecule has 1 heterocycles. The Balaban J connectivity index is 1.77. The molecule has 1 aliphatic heterocycles. The van der Waals surface area contributed by atoms with Crippen molar-refractivity contribution < 1.29 is 4.74 Å². The summed E-state index contributed by atoms with van der Waals surface area (Å²) < 4.78 is 5.62. The van der Waals surface area contributed by atoms with E-state index in [0.717, 1.165) is 13.0 Å². The second-order valence-electron chi connectivity index (χ2n) is 5.03. The van der Waals surface area contributed by atoms with Crippen molar-refractivity contribution in [1.29, 1.82) is 0 Å². The standard InChI is InChI=1S/C15H23NO/c1-12-6-2-3-9-14(12)15(16)10-4-7-13-8-5-11-17-13/h2-3,6,9,13,15H,4-5,7-8,10-11,16H2,1H3. The van der Waals surface area contributed by atoms with Crippen LogP contribution in [0.5, 0.6) is 0 Å². The van der Waals surface area contributed by atoms with Crippen molar-refractivity contribution in [1.82, 2.24) is 0 Å². The molecule has 0 aromatic heterocycles. The van der Waals surface area contributed by atoms with Gasteiger partial charge in [0.05, 0.1) is 6.10 Å². The van der Waals surface area contributed by atoms with Crippen molar-refractivity contribution >= 4 is 0 Å². The molecule has 2 atom stereocenters. The molecular formula is C15H23NO. The van der Waals surface area contributed by atoms with Crippen molar-refractivity contribution in [2.45, 2.75) is 51.2 Å². The fourth-order valence-corrected chi connectivity index (χ4v) is 2.60. The molecule has 1 fully saturated rings. The van der Waals surface area contributed by atoms with Crippen LogP contribution >= 0.6 is 0 Å². The third kappa shape index (κ3) is 3.55. The van der Waals surface area contributed by atoms with Crippen molar-refractivity contribution in [3.05, 3.63) is 35.4 Å². The average molecular weight is 233 g/mol. The molecule has 2 unspecified atom stereocenters. The van der Waals surface area contributed by atoms with Gasteiger partial charge in [0.15, 0.2) is 0 Å². The summed E-state index contributed by atoms with van der Waals surface area (Å²) in [5, 5.41) is 0.